The Kier molecular flexibility index (Phi) is 7.69. The molecule has 274 valence electrons. The first-order valence-electron chi connectivity index (χ1n) is 18.1. The maximum absolute atomic E-state index is 15.4. The molecule has 6 fully saturated rings. The van der Waals surface area contributed by atoms with Gasteiger partial charge in [0.05, 0.1) is 31.0 Å². The van der Waals surface area contributed by atoms with Crippen LogP contribution >= 0.6 is 0 Å². The van der Waals surface area contributed by atoms with E-state index in [0.717, 1.165) is 36.3 Å². The fraction of sp³-hybridized carbons (Fsp3) is 0.568. The van der Waals surface area contributed by atoms with Crippen molar-refractivity contribution in [1.82, 2.24) is 25.3 Å². The molecular formula is C37H40F3N7O5. The van der Waals surface area contributed by atoms with Gasteiger partial charge in [0.1, 0.15) is 23.1 Å². The largest absolute Gasteiger partial charge is 0.487 e. The van der Waals surface area contributed by atoms with Gasteiger partial charge in [0.15, 0.2) is 5.82 Å². The molecule has 3 aliphatic heterocycles. The minimum atomic E-state index is -3.52. The normalized spacial score (nSPS) is 28.8. The summed E-state index contributed by atoms with van der Waals surface area (Å²) in [6.07, 6.45) is 8.57. The maximum atomic E-state index is 15.4. The van der Waals surface area contributed by atoms with Gasteiger partial charge >= 0.3 is 5.97 Å². The average molecular weight is 720 g/mol. The van der Waals surface area contributed by atoms with E-state index in [4.69, 9.17) is 9.47 Å². The zero-order chi connectivity index (χ0) is 36.0. The lowest BCUT2D eigenvalue weighted by Crippen LogP contribution is -2.70. The second-order valence-corrected chi connectivity index (χ2v) is 15.8. The molecule has 4 bridgehead atoms. The van der Waals surface area contributed by atoms with Crippen LogP contribution < -0.4 is 19.9 Å². The smallest absolute Gasteiger partial charge is 0.330 e. The Balaban J connectivity index is 0.994. The number of benzene rings is 1. The van der Waals surface area contributed by atoms with E-state index >= 15 is 8.78 Å². The fourth-order valence-corrected chi connectivity index (χ4v) is 10.2. The Morgan fingerprint density at radius 1 is 0.981 bits per heavy atom. The molecule has 52 heavy (non-hydrogen) atoms. The highest BCUT2D eigenvalue weighted by atomic mass is 19.3. The lowest BCUT2D eigenvalue weighted by atomic mass is 9.48. The fourth-order valence-electron chi connectivity index (χ4n) is 10.2. The second kappa shape index (κ2) is 12.0. The number of halogens is 3. The number of nitrogens with zero attached hydrogens (tertiary/aromatic N) is 6. The summed E-state index contributed by atoms with van der Waals surface area (Å²) in [5, 5.41) is 13.3. The Labute approximate surface area is 298 Å². The number of alkyl halides is 2. The van der Waals surface area contributed by atoms with Crippen LogP contribution in [0.25, 0.3) is 0 Å². The number of aliphatic carboxylic acids is 1. The summed E-state index contributed by atoms with van der Waals surface area (Å²) in [5.41, 5.74) is -1.30. The van der Waals surface area contributed by atoms with Crippen LogP contribution in [0, 0.1) is 29.5 Å². The zero-order valence-corrected chi connectivity index (χ0v) is 28.7. The summed E-state index contributed by atoms with van der Waals surface area (Å²) in [5.74, 6) is -4.48. The van der Waals surface area contributed by atoms with Crippen molar-refractivity contribution in [2.45, 2.75) is 74.8 Å². The van der Waals surface area contributed by atoms with Gasteiger partial charge in [0.2, 0.25) is 11.9 Å². The molecule has 5 heterocycles. The summed E-state index contributed by atoms with van der Waals surface area (Å²) in [4.78, 5) is 47.4. The van der Waals surface area contributed by atoms with E-state index in [9.17, 15) is 19.1 Å². The van der Waals surface area contributed by atoms with Crippen LogP contribution in [0.5, 0.6) is 5.75 Å². The standard InChI is InChI=1S/C37H40F3N7O5/c1-35(39,40)30-27(31(48)45-37(32(49)50)22-9-20-8-21(11-22)12-23(37)10-20)16-43-34(44-30)47-19-36(4-6-51-7-5-36)28-13-25(2-3-29(28)47)52-26-17-46(18-26)33-41-14-24(38)15-42-33/h2-3,13-16,20-23,26H,4-12,17-19H2,1H3,(H,45,48)(H,49,50). The van der Waals surface area contributed by atoms with Crippen LogP contribution in [0.15, 0.2) is 36.8 Å². The van der Waals surface area contributed by atoms with E-state index < -0.39 is 40.4 Å². The first-order chi connectivity index (χ1) is 24.9. The van der Waals surface area contributed by atoms with Gasteiger partial charge in [-0.25, -0.2) is 29.1 Å². The molecule has 4 aliphatic carbocycles. The van der Waals surface area contributed by atoms with Crippen molar-refractivity contribution >= 4 is 29.5 Å². The molecule has 3 aromatic rings. The van der Waals surface area contributed by atoms with Gasteiger partial charge in [0.25, 0.3) is 11.8 Å². The van der Waals surface area contributed by atoms with E-state index in [1.165, 1.54) is 0 Å². The van der Waals surface area contributed by atoms with Crippen molar-refractivity contribution in [3.63, 3.8) is 0 Å². The topological polar surface area (TPSA) is 143 Å². The third-order valence-corrected chi connectivity index (χ3v) is 12.6. The van der Waals surface area contributed by atoms with E-state index in [1.54, 1.807) is 0 Å². The van der Waals surface area contributed by atoms with Gasteiger partial charge in [-0.1, -0.05) is 0 Å². The van der Waals surface area contributed by atoms with E-state index in [2.05, 4.69) is 25.3 Å². The molecule has 2 N–H and O–H groups in total. The number of anilines is 3. The molecule has 7 aliphatic rings. The first-order valence-corrected chi connectivity index (χ1v) is 18.1. The highest BCUT2D eigenvalue weighted by Gasteiger charge is 2.62. The number of nitrogens with one attached hydrogen (secondary N) is 1. The van der Waals surface area contributed by atoms with E-state index in [1.807, 2.05) is 28.0 Å². The first kappa shape index (κ1) is 33.3. The molecule has 0 unspecified atom stereocenters. The van der Waals surface area contributed by atoms with Crippen LogP contribution in [-0.4, -0.2) is 81.4 Å². The number of aromatic nitrogens is 4. The summed E-state index contributed by atoms with van der Waals surface area (Å²) >= 11 is 0. The summed E-state index contributed by atoms with van der Waals surface area (Å²) in [7, 11) is 0. The number of fused-ring (bicyclic) bond motifs is 2. The molecule has 1 amide bonds. The van der Waals surface area contributed by atoms with Crippen molar-refractivity contribution in [3.05, 3.63) is 59.4 Å². The maximum Gasteiger partial charge on any atom is 0.330 e. The Morgan fingerprint density at radius 2 is 1.63 bits per heavy atom. The van der Waals surface area contributed by atoms with Gasteiger partial charge in [-0.3, -0.25) is 4.79 Å². The molecule has 2 saturated heterocycles. The molecular weight excluding hydrogens is 679 g/mol. The number of carbonyl (C=O) groups excluding carboxylic acids is 1. The van der Waals surface area contributed by atoms with Crippen molar-refractivity contribution in [3.8, 4) is 5.75 Å². The van der Waals surface area contributed by atoms with Gasteiger partial charge in [-0.2, -0.15) is 8.78 Å². The predicted octanol–water partition coefficient (Wildman–Crippen LogP) is 4.99. The van der Waals surface area contributed by atoms with Crippen molar-refractivity contribution in [1.29, 1.82) is 0 Å². The minimum absolute atomic E-state index is 0.0304. The molecule has 0 atom stereocenters. The summed E-state index contributed by atoms with van der Waals surface area (Å²) in [6.45, 7) is 3.23. The number of carboxylic acid groups (broad SMARTS) is 1. The quantitative estimate of drug-likeness (QED) is 0.325. The summed E-state index contributed by atoms with van der Waals surface area (Å²) < 4.78 is 56.1. The van der Waals surface area contributed by atoms with Gasteiger partial charge < -0.3 is 29.7 Å². The lowest BCUT2D eigenvalue weighted by Gasteiger charge is -2.59. The predicted molar refractivity (Wildman–Crippen MR) is 180 cm³/mol. The van der Waals surface area contributed by atoms with Crippen LogP contribution in [0.3, 0.4) is 0 Å². The monoisotopic (exact) mass is 719 g/mol. The van der Waals surface area contributed by atoms with Gasteiger partial charge in [0, 0.05) is 44.0 Å². The van der Waals surface area contributed by atoms with Crippen molar-refractivity contribution in [2.24, 2.45) is 23.7 Å². The molecule has 15 heteroatoms. The number of amides is 1. The van der Waals surface area contributed by atoms with Crippen LogP contribution in [-0.2, 0) is 20.9 Å². The number of ether oxygens (including phenoxy) is 2. The molecule has 1 spiro atoms. The van der Waals surface area contributed by atoms with Gasteiger partial charge in [-0.05, 0) is 92.4 Å². The third kappa shape index (κ3) is 5.36. The number of hydrogen-bond donors (Lipinski definition) is 2. The molecule has 12 nitrogen and oxygen atoms in total. The van der Waals surface area contributed by atoms with Crippen molar-refractivity contribution in [2.75, 3.05) is 42.6 Å². The van der Waals surface area contributed by atoms with Crippen LogP contribution in [0.2, 0.25) is 0 Å². The molecule has 4 saturated carbocycles. The van der Waals surface area contributed by atoms with Crippen LogP contribution in [0.1, 0.15) is 73.5 Å². The second-order valence-electron chi connectivity index (χ2n) is 15.8. The van der Waals surface area contributed by atoms with E-state index in [0.29, 0.717) is 102 Å². The Morgan fingerprint density at radius 3 is 2.27 bits per heavy atom. The highest BCUT2D eigenvalue weighted by Crippen LogP contribution is 2.58. The Hall–Kier alpha value is -4.53. The van der Waals surface area contributed by atoms with Crippen molar-refractivity contribution < 1.29 is 37.3 Å². The zero-order valence-electron chi connectivity index (χ0n) is 28.7. The number of carbonyl (C=O) groups is 2. The number of carboxylic acids is 1. The Bertz CT molecular complexity index is 1880. The third-order valence-electron chi connectivity index (χ3n) is 12.6. The highest BCUT2D eigenvalue weighted by molar-refractivity contribution is 5.99. The molecule has 10 rings (SSSR count). The molecule has 2 aromatic heterocycles. The van der Waals surface area contributed by atoms with Crippen LogP contribution in [0.4, 0.5) is 30.8 Å². The average Bonchev–Trinajstić information content (AvgIpc) is 3.40. The summed E-state index contributed by atoms with van der Waals surface area (Å²) in [6, 6.07) is 5.70. The minimum Gasteiger partial charge on any atom is -0.487 e. The SMILES string of the molecule is CC(F)(F)c1nc(N2CC3(CCOCC3)c3cc(OC4CN(c5ncc(F)cn5)C4)ccc32)ncc1C(=O)NC1(C(=O)O)C2CC3CC(C2)CC1C3. The molecule has 0 radical (unpaired) electrons. The van der Waals surface area contributed by atoms with Gasteiger partial charge in [-0.15, -0.1) is 0 Å². The number of hydrogen-bond acceptors (Lipinski definition) is 10. The van der Waals surface area contributed by atoms with E-state index in [-0.39, 0.29) is 29.3 Å². The molecule has 1 aromatic carbocycles. The lowest BCUT2D eigenvalue weighted by molar-refractivity contribution is -0.163. The number of rotatable bonds is 8.